The van der Waals surface area contributed by atoms with E-state index in [1.54, 1.807) is 6.07 Å². The maximum absolute atomic E-state index is 13.0. The zero-order chi connectivity index (χ0) is 13.5. The van der Waals surface area contributed by atoms with Crippen molar-refractivity contribution in [3.05, 3.63) is 35.1 Å². The highest BCUT2D eigenvalue weighted by Gasteiger charge is 2.24. The topological polar surface area (TPSA) is 43.1 Å². The second kappa shape index (κ2) is 7.14. The summed E-state index contributed by atoms with van der Waals surface area (Å²) in [7, 11) is 0. The first-order valence-corrected chi connectivity index (χ1v) is 6.68. The van der Waals surface area contributed by atoms with Gasteiger partial charge in [0.2, 0.25) is 5.91 Å². The molecule has 1 aromatic carbocycles. The van der Waals surface area contributed by atoms with Gasteiger partial charge in [0.15, 0.2) is 0 Å². The molecule has 0 heterocycles. The molecule has 1 aliphatic carbocycles. The molecule has 1 aliphatic rings. The Bertz CT molecular complexity index is 397. The molecule has 1 aromatic rings. The molecule has 0 atom stereocenters. The Morgan fingerprint density at radius 1 is 1.28 bits per heavy atom. The second-order valence-electron chi connectivity index (χ2n) is 4.77. The van der Waals surface area contributed by atoms with Crippen LogP contribution in [0.2, 0.25) is 0 Å². The fraction of sp³-hybridized carbons (Fsp3) is 0.533. The van der Waals surface area contributed by atoms with Gasteiger partial charge in [0.05, 0.1) is 0 Å². The highest BCUT2D eigenvalue weighted by Crippen LogP contribution is 2.40. The molecule has 1 saturated carbocycles. The zero-order valence-electron chi connectivity index (χ0n) is 11.2. The van der Waals surface area contributed by atoms with Crippen molar-refractivity contribution in [2.24, 2.45) is 5.73 Å². The van der Waals surface area contributed by atoms with Crippen molar-refractivity contribution < 1.29 is 9.18 Å². The number of halogens is 1. The van der Waals surface area contributed by atoms with Crippen LogP contribution in [-0.2, 0) is 0 Å². The van der Waals surface area contributed by atoms with Crippen molar-refractivity contribution in [2.45, 2.75) is 51.9 Å². The van der Waals surface area contributed by atoms with E-state index in [0.29, 0.717) is 5.92 Å². The Morgan fingerprint density at radius 2 is 1.89 bits per heavy atom. The summed E-state index contributed by atoms with van der Waals surface area (Å²) in [5.41, 5.74) is 6.23. The minimum absolute atomic E-state index is 0.266. The van der Waals surface area contributed by atoms with Crippen LogP contribution < -0.4 is 5.73 Å². The van der Waals surface area contributed by atoms with Gasteiger partial charge in [-0.15, -0.1) is 0 Å². The Morgan fingerprint density at radius 3 is 2.28 bits per heavy atom. The third-order valence-corrected chi connectivity index (χ3v) is 2.96. The summed E-state index contributed by atoms with van der Waals surface area (Å²) < 4.78 is 13.0. The monoisotopic (exact) mass is 251 g/mol. The number of benzene rings is 1. The quantitative estimate of drug-likeness (QED) is 0.863. The van der Waals surface area contributed by atoms with Crippen LogP contribution in [0.4, 0.5) is 4.39 Å². The van der Waals surface area contributed by atoms with Crippen LogP contribution in [-0.4, -0.2) is 5.91 Å². The van der Waals surface area contributed by atoms with Gasteiger partial charge in [0, 0.05) is 5.56 Å². The molecule has 18 heavy (non-hydrogen) atoms. The second-order valence-corrected chi connectivity index (χ2v) is 4.77. The van der Waals surface area contributed by atoms with Crippen LogP contribution in [0.5, 0.6) is 0 Å². The largest absolute Gasteiger partial charge is 0.366 e. The summed E-state index contributed by atoms with van der Waals surface area (Å²) in [5, 5.41) is 0. The van der Waals surface area contributed by atoms with Gasteiger partial charge in [-0.05, 0) is 42.5 Å². The third kappa shape index (κ3) is 4.86. The summed E-state index contributed by atoms with van der Waals surface area (Å²) >= 11 is 0. The zero-order valence-corrected chi connectivity index (χ0v) is 11.2. The molecular formula is C15H22FNO. The van der Waals surface area contributed by atoms with E-state index < -0.39 is 5.91 Å². The molecule has 1 amide bonds. The van der Waals surface area contributed by atoms with Gasteiger partial charge in [-0.25, -0.2) is 4.39 Å². The Hall–Kier alpha value is -1.38. The molecule has 3 heteroatoms. The first kappa shape index (κ1) is 14.7. The molecule has 0 bridgehead atoms. The molecule has 1 fully saturated rings. The molecule has 2 rings (SSSR count). The van der Waals surface area contributed by atoms with E-state index in [0.717, 1.165) is 18.4 Å². The lowest BCUT2D eigenvalue weighted by Crippen LogP contribution is -2.11. The van der Waals surface area contributed by atoms with Gasteiger partial charge >= 0.3 is 0 Å². The molecule has 0 saturated heterocycles. The fourth-order valence-corrected chi connectivity index (χ4v) is 1.76. The maximum Gasteiger partial charge on any atom is 0.248 e. The summed E-state index contributed by atoms with van der Waals surface area (Å²) in [6.45, 7) is 4.42. The van der Waals surface area contributed by atoms with E-state index >= 15 is 0 Å². The lowest BCUT2D eigenvalue weighted by atomic mass is 10.1. The maximum atomic E-state index is 13.0. The number of rotatable bonds is 4. The Labute approximate surface area is 108 Å². The van der Waals surface area contributed by atoms with Crippen LogP contribution in [0.3, 0.4) is 0 Å². The van der Waals surface area contributed by atoms with E-state index in [-0.39, 0.29) is 11.4 Å². The van der Waals surface area contributed by atoms with E-state index in [1.165, 1.54) is 31.4 Å². The van der Waals surface area contributed by atoms with Gasteiger partial charge < -0.3 is 5.73 Å². The molecule has 0 spiro atoms. The number of unbranched alkanes of at least 4 members (excludes halogenated alkanes) is 2. The van der Waals surface area contributed by atoms with E-state index in [4.69, 9.17) is 5.73 Å². The predicted octanol–water partition coefficient (Wildman–Crippen LogP) is 4.00. The lowest BCUT2D eigenvalue weighted by Gasteiger charge is -2.01. The van der Waals surface area contributed by atoms with Crippen molar-refractivity contribution in [2.75, 3.05) is 0 Å². The first-order chi connectivity index (χ1) is 8.58. The molecule has 0 radical (unpaired) electrons. The third-order valence-electron chi connectivity index (χ3n) is 2.96. The minimum Gasteiger partial charge on any atom is -0.366 e. The van der Waals surface area contributed by atoms with Crippen LogP contribution in [0.1, 0.15) is 67.8 Å². The highest BCUT2D eigenvalue weighted by molar-refractivity contribution is 5.93. The van der Waals surface area contributed by atoms with E-state index in [1.807, 2.05) is 0 Å². The van der Waals surface area contributed by atoms with Gasteiger partial charge in [-0.2, -0.15) is 0 Å². The summed E-state index contributed by atoms with van der Waals surface area (Å²) in [4.78, 5) is 10.8. The molecule has 2 nitrogen and oxygen atoms in total. The number of hydrogen-bond donors (Lipinski definition) is 1. The summed E-state index contributed by atoms with van der Waals surface area (Å²) in [6, 6.07) is 4.33. The average molecular weight is 251 g/mol. The van der Waals surface area contributed by atoms with Crippen molar-refractivity contribution in [1.82, 2.24) is 0 Å². The molecule has 0 unspecified atom stereocenters. The van der Waals surface area contributed by atoms with Crippen molar-refractivity contribution in [3.63, 3.8) is 0 Å². The smallest absolute Gasteiger partial charge is 0.248 e. The van der Waals surface area contributed by atoms with E-state index in [9.17, 15) is 9.18 Å². The Kier molecular flexibility index (Phi) is 5.83. The molecular weight excluding hydrogens is 229 g/mol. The SMILES string of the molecule is CCCCC.NC(=O)c1cc(F)cc(C2CC2)c1. The minimum atomic E-state index is -0.568. The van der Waals surface area contributed by atoms with Gasteiger partial charge in [0.25, 0.3) is 0 Å². The normalized spacial score (nSPS) is 13.7. The number of carbonyl (C=O) groups is 1. The number of hydrogen-bond acceptors (Lipinski definition) is 1. The van der Waals surface area contributed by atoms with Gasteiger partial charge in [0.1, 0.15) is 5.82 Å². The molecule has 2 N–H and O–H groups in total. The summed E-state index contributed by atoms with van der Waals surface area (Å²) in [6.07, 6.45) is 6.25. The van der Waals surface area contributed by atoms with Crippen molar-refractivity contribution in [1.29, 1.82) is 0 Å². The highest BCUT2D eigenvalue weighted by atomic mass is 19.1. The first-order valence-electron chi connectivity index (χ1n) is 6.68. The number of nitrogens with two attached hydrogens (primary N) is 1. The van der Waals surface area contributed by atoms with Crippen molar-refractivity contribution in [3.8, 4) is 0 Å². The van der Waals surface area contributed by atoms with Gasteiger partial charge in [-0.3, -0.25) is 4.79 Å². The van der Waals surface area contributed by atoms with E-state index in [2.05, 4.69) is 13.8 Å². The van der Waals surface area contributed by atoms with Crippen LogP contribution >= 0.6 is 0 Å². The van der Waals surface area contributed by atoms with Gasteiger partial charge in [-0.1, -0.05) is 33.1 Å². The number of primary amides is 1. The van der Waals surface area contributed by atoms with Crippen LogP contribution in [0.15, 0.2) is 18.2 Å². The van der Waals surface area contributed by atoms with Crippen LogP contribution in [0.25, 0.3) is 0 Å². The molecule has 0 aromatic heterocycles. The number of carbonyl (C=O) groups excluding carboxylic acids is 1. The number of amides is 1. The average Bonchev–Trinajstić information content (AvgIpc) is 3.14. The fourth-order valence-electron chi connectivity index (χ4n) is 1.76. The lowest BCUT2D eigenvalue weighted by molar-refractivity contribution is 0.0999. The standard InChI is InChI=1S/C10H10FNO.C5H12/c11-9-4-7(6-1-2-6)3-8(5-9)10(12)13;1-3-5-4-2/h3-6H,1-2H2,(H2,12,13);3-5H2,1-2H3. The predicted molar refractivity (Wildman–Crippen MR) is 72.1 cm³/mol. The van der Waals surface area contributed by atoms with Crippen LogP contribution in [0, 0.1) is 5.82 Å². The Balaban J connectivity index is 0.000000280. The molecule has 0 aliphatic heterocycles. The molecule has 100 valence electrons. The summed E-state index contributed by atoms with van der Waals surface area (Å²) in [5.74, 6) is -0.506. The van der Waals surface area contributed by atoms with Crippen molar-refractivity contribution >= 4 is 5.91 Å².